The van der Waals surface area contributed by atoms with E-state index in [0.29, 0.717) is 12.5 Å². The lowest BCUT2D eigenvalue weighted by molar-refractivity contribution is 0.550. The number of rotatable bonds is 8. The first-order chi connectivity index (χ1) is 9.88. The number of benzene rings is 1. The van der Waals surface area contributed by atoms with E-state index in [4.69, 9.17) is 0 Å². The zero-order valence-corrected chi connectivity index (χ0v) is 14.1. The van der Waals surface area contributed by atoms with Crippen molar-refractivity contribution in [3.63, 3.8) is 0 Å². The summed E-state index contributed by atoms with van der Waals surface area (Å²) in [5.74, 6) is 0.551. The van der Waals surface area contributed by atoms with Crippen molar-refractivity contribution in [3.05, 3.63) is 35.4 Å². The lowest BCUT2D eigenvalue weighted by Crippen LogP contribution is -2.26. The first-order valence-electron chi connectivity index (χ1n) is 7.90. The minimum atomic E-state index is -2.96. The summed E-state index contributed by atoms with van der Waals surface area (Å²) in [5, 5.41) is 3.26. The van der Waals surface area contributed by atoms with Crippen molar-refractivity contribution in [2.75, 3.05) is 12.3 Å². The molecule has 118 valence electrons. The van der Waals surface area contributed by atoms with Crippen molar-refractivity contribution >= 4 is 9.84 Å². The van der Waals surface area contributed by atoms with Gasteiger partial charge in [-0.2, -0.15) is 0 Å². The molecular weight excluding hydrogens is 282 g/mol. The van der Waals surface area contributed by atoms with E-state index in [2.05, 4.69) is 36.5 Å². The van der Waals surface area contributed by atoms with Crippen LogP contribution in [0.4, 0.5) is 0 Å². The molecule has 2 rings (SSSR count). The highest BCUT2D eigenvalue weighted by molar-refractivity contribution is 7.91. The molecule has 3 nitrogen and oxygen atoms in total. The molecule has 1 aliphatic rings. The Morgan fingerprint density at radius 3 is 2.33 bits per heavy atom. The van der Waals surface area contributed by atoms with Gasteiger partial charge in [-0.05, 0) is 51.5 Å². The molecule has 0 heterocycles. The predicted octanol–water partition coefficient (Wildman–Crippen LogP) is 3.04. The van der Waals surface area contributed by atoms with E-state index in [1.54, 1.807) is 13.8 Å². The molecule has 21 heavy (non-hydrogen) atoms. The Morgan fingerprint density at radius 2 is 1.81 bits per heavy atom. The quantitative estimate of drug-likeness (QED) is 0.803. The summed E-state index contributed by atoms with van der Waals surface area (Å²) >= 11 is 0. The average molecular weight is 309 g/mol. The maximum absolute atomic E-state index is 12.1. The molecule has 1 saturated carbocycles. The molecule has 0 aromatic heterocycles. The molecule has 1 N–H and O–H groups in total. The van der Waals surface area contributed by atoms with Gasteiger partial charge >= 0.3 is 0 Å². The first-order valence-corrected chi connectivity index (χ1v) is 9.61. The van der Waals surface area contributed by atoms with Crippen LogP contribution in [0.3, 0.4) is 0 Å². The van der Waals surface area contributed by atoms with Crippen LogP contribution in [-0.4, -0.2) is 32.0 Å². The van der Waals surface area contributed by atoms with Crippen LogP contribution in [0.15, 0.2) is 24.3 Å². The van der Waals surface area contributed by atoms with Crippen LogP contribution in [0.1, 0.15) is 50.2 Å². The molecule has 1 atom stereocenters. The highest BCUT2D eigenvalue weighted by Gasteiger charge is 2.24. The number of sulfone groups is 1. The van der Waals surface area contributed by atoms with Crippen LogP contribution < -0.4 is 5.32 Å². The fourth-order valence-corrected chi connectivity index (χ4v) is 3.45. The number of hydrogen-bond donors (Lipinski definition) is 1. The standard InChI is InChI=1S/C17H27NO2S/c1-13(2)21(19,20)11-10-16(12-18-17-8-9-17)15-6-4-14(3)5-7-15/h4-7,13,16-18H,8-12H2,1-3H3. The third-order valence-corrected chi connectivity index (χ3v) is 6.49. The molecule has 0 aliphatic heterocycles. The van der Waals surface area contributed by atoms with Gasteiger partial charge in [-0.15, -0.1) is 0 Å². The van der Waals surface area contributed by atoms with Crippen molar-refractivity contribution in [2.24, 2.45) is 0 Å². The summed E-state index contributed by atoms with van der Waals surface area (Å²) in [6, 6.07) is 9.14. The normalized spacial score (nSPS) is 17.1. The van der Waals surface area contributed by atoms with Gasteiger partial charge in [0.15, 0.2) is 9.84 Å². The summed E-state index contributed by atoms with van der Waals surface area (Å²) in [7, 11) is -2.96. The third kappa shape index (κ3) is 5.11. The third-order valence-electron chi connectivity index (χ3n) is 4.25. The molecule has 1 unspecified atom stereocenters. The maximum Gasteiger partial charge on any atom is 0.152 e. The van der Waals surface area contributed by atoms with Crippen molar-refractivity contribution in [1.82, 2.24) is 5.32 Å². The highest BCUT2D eigenvalue weighted by atomic mass is 32.2. The second kappa shape index (κ2) is 6.93. The van der Waals surface area contributed by atoms with Gasteiger partial charge in [0.2, 0.25) is 0 Å². The Morgan fingerprint density at radius 1 is 1.19 bits per heavy atom. The average Bonchev–Trinajstić information content (AvgIpc) is 3.24. The molecule has 4 heteroatoms. The molecule has 1 aliphatic carbocycles. The molecule has 0 amide bonds. The molecule has 1 aromatic rings. The minimum Gasteiger partial charge on any atom is -0.313 e. The fraction of sp³-hybridized carbons (Fsp3) is 0.647. The lowest BCUT2D eigenvalue weighted by Gasteiger charge is -2.19. The smallest absolute Gasteiger partial charge is 0.152 e. The van der Waals surface area contributed by atoms with E-state index in [1.807, 2.05) is 0 Å². The van der Waals surface area contributed by atoms with Crippen molar-refractivity contribution in [2.45, 2.75) is 57.2 Å². The van der Waals surface area contributed by atoms with Gasteiger partial charge in [-0.3, -0.25) is 0 Å². The van der Waals surface area contributed by atoms with Gasteiger partial charge in [-0.25, -0.2) is 8.42 Å². The topological polar surface area (TPSA) is 46.2 Å². The molecule has 1 aromatic carbocycles. The van der Waals surface area contributed by atoms with E-state index >= 15 is 0 Å². The lowest BCUT2D eigenvalue weighted by atomic mass is 9.95. The number of hydrogen-bond acceptors (Lipinski definition) is 3. The molecular formula is C17H27NO2S. The Labute approximate surface area is 129 Å². The highest BCUT2D eigenvalue weighted by Crippen LogP contribution is 2.24. The second-order valence-electron chi connectivity index (χ2n) is 6.49. The second-order valence-corrected chi connectivity index (χ2v) is 9.17. The van der Waals surface area contributed by atoms with Crippen LogP contribution in [0.2, 0.25) is 0 Å². The van der Waals surface area contributed by atoms with Gasteiger partial charge in [0.1, 0.15) is 0 Å². The Bertz CT molecular complexity index is 545. The van der Waals surface area contributed by atoms with E-state index < -0.39 is 9.84 Å². The van der Waals surface area contributed by atoms with Crippen LogP contribution in [-0.2, 0) is 9.84 Å². The maximum atomic E-state index is 12.1. The molecule has 1 fully saturated rings. The Balaban J connectivity index is 2.02. The minimum absolute atomic E-state index is 0.273. The molecule has 0 bridgehead atoms. The van der Waals surface area contributed by atoms with Gasteiger partial charge in [0, 0.05) is 12.6 Å². The Hall–Kier alpha value is -0.870. The van der Waals surface area contributed by atoms with Gasteiger partial charge in [-0.1, -0.05) is 29.8 Å². The number of aryl methyl sites for hydroxylation is 1. The van der Waals surface area contributed by atoms with Crippen LogP contribution in [0, 0.1) is 6.92 Å². The van der Waals surface area contributed by atoms with Gasteiger partial charge < -0.3 is 5.32 Å². The fourth-order valence-electron chi connectivity index (χ4n) is 2.36. The zero-order chi connectivity index (χ0) is 15.5. The van der Waals surface area contributed by atoms with Crippen molar-refractivity contribution in [1.29, 1.82) is 0 Å². The largest absolute Gasteiger partial charge is 0.313 e. The van der Waals surface area contributed by atoms with E-state index in [9.17, 15) is 8.42 Å². The van der Waals surface area contributed by atoms with Crippen LogP contribution in [0.25, 0.3) is 0 Å². The summed E-state index contributed by atoms with van der Waals surface area (Å²) in [5.41, 5.74) is 2.48. The summed E-state index contributed by atoms with van der Waals surface area (Å²) < 4.78 is 24.1. The van der Waals surface area contributed by atoms with Crippen molar-refractivity contribution in [3.8, 4) is 0 Å². The van der Waals surface area contributed by atoms with E-state index in [1.165, 1.54) is 24.0 Å². The van der Waals surface area contributed by atoms with E-state index in [-0.39, 0.29) is 16.9 Å². The molecule has 0 saturated heterocycles. The predicted molar refractivity (Wildman–Crippen MR) is 88.5 cm³/mol. The Kier molecular flexibility index (Phi) is 5.44. The van der Waals surface area contributed by atoms with Gasteiger partial charge in [0.05, 0.1) is 11.0 Å². The summed E-state index contributed by atoms with van der Waals surface area (Å²) in [6.07, 6.45) is 3.21. The summed E-state index contributed by atoms with van der Waals surface area (Å²) in [4.78, 5) is 0. The zero-order valence-electron chi connectivity index (χ0n) is 13.3. The SMILES string of the molecule is Cc1ccc(C(CCS(=O)(=O)C(C)C)CNC2CC2)cc1. The molecule has 0 spiro atoms. The first kappa shape index (κ1) is 16.5. The van der Waals surface area contributed by atoms with Crippen LogP contribution in [0.5, 0.6) is 0 Å². The molecule has 0 radical (unpaired) electrons. The van der Waals surface area contributed by atoms with Crippen molar-refractivity contribution < 1.29 is 8.42 Å². The number of nitrogens with one attached hydrogen (secondary N) is 1. The summed E-state index contributed by atoms with van der Waals surface area (Å²) in [6.45, 7) is 6.48. The van der Waals surface area contributed by atoms with Gasteiger partial charge in [0.25, 0.3) is 0 Å². The van der Waals surface area contributed by atoms with E-state index in [0.717, 1.165) is 6.54 Å². The monoisotopic (exact) mass is 309 g/mol. The van der Waals surface area contributed by atoms with Crippen LogP contribution >= 0.6 is 0 Å².